The van der Waals surface area contributed by atoms with Crippen molar-refractivity contribution < 1.29 is 0 Å². The maximum atomic E-state index is 6.27. The van der Waals surface area contributed by atoms with E-state index in [0.29, 0.717) is 0 Å². The summed E-state index contributed by atoms with van der Waals surface area (Å²) in [5.41, 5.74) is 9.94. The van der Waals surface area contributed by atoms with E-state index < -0.39 is 0 Å². The number of benzene rings is 2. The fourth-order valence-electron chi connectivity index (χ4n) is 2.11. The normalized spacial score (nSPS) is 13.0. The number of hydrogen-bond donors (Lipinski definition) is 2. The molecule has 2 heteroatoms. The van der Waals surface area contributed by atoms with Crippen LogP contribution in [0.3, 0.4) is 0 Å². The van der Waals surface area contributed by atoms with Crippen molar-refractivity contribution in [3.8, 4) is 0 Å². The van der Waals surface area contributed by atoms with Gasteiger partial charge in [0.15, 0.2) is 0 Å². The largest absolute Gasteiger partial charge is 0.381 e. The molecule has 0 bridgehead atoms. The molecular weight excluding hydrogens is 244 g/mol. The summed E-state index contributed by atoms with van der Waals surface area (Å²) in [5, 5.41) is 3.43. The number of hydrogen-bond acceptors (Lipinski definition) is 2. The Kier molecular flexibility index (Phi) is 4.46. The first-order valence-electron chi connectivity index (χ1n) is 7.10. The Hall–Kier alpha value is -1.80. The highest BCUT2D eigenvalue weighted by Gasteiger charge is 2.21. The van der Waals surface area contributed by atoms with E-state index in [9.17, 15) is 0 Å². The van der Waals surface area contributed by atoms with E-state index in [-0.39, 0.29) is 11.5 Å². The Labute approximate surface area is 122 Å². The van der Waals surface area contributed by atoms with Crippen LogP contribution in [0, 0.1) is 5.41 Å². The predicted octanol–water partition coefficient (Wildman–Crippen LogP) is 4.34. The van der Waals surface area contributed by atoms with Crippen LogP contribution < -0.4 is 11.1 Å². The van der Waals surface area contributed by atoms with E-state index in [1.807, 2.05) is 6.07 Å². The predicted molar refractivity (Wildman–Crippen MR) is 86.6 cm³/mol. The highest BCUT2D eigenvalue weighted by molar-refractivity contribution is 5.45. The van der Waals surface area contributed by atoms with Gasteiger partial charge in [0, 0.05) is 18.3 Å². The van der Waals surface area contributed by atoms with E-state index in [2.05, 4.69) is 74.6 Å². The van der Waals surface area contributed by atoms with Gasteiger partial charge in [0.2, 0.25) is 0 Å². The van der Waals surface area contributed by atoms with Crippen LogP contribution in [0.25, 0.3) is 0 Å². The Morgan fingerprint density at radius 2 is 1.55 bits per heavy atom. The lowest BCUT2D eigenvalue weighted by Gasteiger charge is -2.27. The molecule has 106 valence electrons. The van der Waals surface area contributed by atoms with Crippen molar-refractivity contribution in [2.24, 2.45) is 11.1 Å². The van der Waals surface area contributed by atoms with E-state index in [1.165, 1.54) is 11.1 Å². The van der Waals surface area contributed by atoms with Gasteiger partial charge in [0.1, 0.15) is 0 Å². The van der Waals surface area contributed by atoms with Crippen molar-refractivity contribution in [1.29, 1.82) is 0 Å². The van der Waals surface area contributed by atoms with E-state index >= 15 is 0 Å². The highest BCUT2D eigenvalue weighted by atomic mass is 14.9. The van der Waals surface area contributed by atoms with Crippen LogP contribution in [0.2, 0.25) is 0 Å². The second kappa shape index (κ2) is 6.10. The van der Waals surface area contributed by atoms with Gasteiger partial charge < -0.3 is 11.1 Å². The van der Waals surface area contributed by atoms with Crippen molar-refractivity contribution in [1.82, 2.24) is 0 Å². The molecule has 2 aromatic carbocycles. The Morgan fingerprint density at radius 1 is 0.950 bits per heavy atom. The number of rotatable bonds is 4. The minimum absolute atomic E-state index is 0.0608. The van der Waals surface area contributed by atoms with E-state index in [1.54, 1.807) is 0 Å². The first-order valence-corrected chi connectivity index (χ1v) is 7.10. The van der Waals surface area contributed by atoms with Gasteiger partial charge in [-0.15, -0.1) is 0 Å². The van der Waals surface area contributed by atoms with Crippen LogP contribution in [-0.4, -0.2) is 0 Å². The second-order valence-electron chi connectivity index (χ2n) is 6.30. The van der Waals surface area contributed by atoms with Crippen molar-refractivity contribution in [3.05, 3.63) is 65.7 Å². The average molecular weight is 268 g/mol. The molecule has 0 aliphatic heterocycles. The number of nitrogens with one attached hydrogen (secondary N) is 1. The maximum absolute atomic E-state index is 6.27. The Morgan fingerprint density at radius 3 is 2.10 bits per heavy atom. The van der Waals surface area contributed by atoms with Crippen LogP contribution in [0.1, 0.15) is 37.9 Å². The van der Waals surface area contributed by atoms with Gasteiger partial charge in [-0.1, -0.05) is 63.2 Å². The zero-order valence-electron chi connectivity index (χ0n) is 12.6. The van der Waals surface area contributed by atoms with Crippen LogP contribution in [-0.2, 0) is 6.54 Å². The van der Waals surface area contributed by atoms with Gasteiger partial charge in [-0.05, 0) is 28.7 Å². The molecule has 0 radical (unpaired) electrons. The smallest absolute Gasteiger partial charge is 0.0400 e. The summed E-state index contributed by atoms with van der Waals surface area (Å²) in [6.45, 7) is 7.34. The summed E-state index contributed by atoms with van der Waals surface area (Å²) >= 11 is 0. The molecule has 0 amide bonds. The van der Waals surface area contributed by atoms with Gasteiger partial charge >= 0.3 is 0 Å². The van der Waals surface area contributed by atoms with Gasteiger partial charge in [-0.2, -0.15) is 0 Å². The summed E-state index contributed by atoms with van der Waals surface area (Å²) < 4.78 is 0. The molecule has 2 aromatic rings. The van der Waals surface area contributed by atoms with E-state index in [4.69, 9.17) is 5.73 Å². The molecule has 20 heavy (non-hydrogen) atoms. The molecule has 1 atom stereocenters. The first kappa shape index (κ1) is 14.6. The second-order valence-corrected chi connectivity index (χ2v) is 6.30. The van der Waals surface area contributed by atoms with Gasteiger partial charge in [-0.25, -0.2) is 0 Å². The van der Waals surface area contributed by atoms with Crippen molar-refractivity contribution >= 4 is 5.69 Å². The topological polar surface area (TPSA) is 38.0 Å². The molecule has 0 saturated heterocycles. The van der Waals surface area contributed by atoms with Crippen LogP contribution >= 0.6 is 0 Å². The fraction of sp³-hybridized carbons (Fsp3) is 0.333. The lowest BCUT2D eigenvalue weighted by atomic mass is 9.83. The molecule has 0 unspecified atom stereocenters. The summed E-state index contributed by atoms with van der Waals surface area (Å²) in [5.74, 6) is 0. The molecule has 2 nitrogen and oxygen atoms in total. The Bertz CT molecular complexity index is 524. The molecule has 2 rings (SSSR count). The van der Waals surface area contributed by atoms with Gasteiger partial charge in [-0.3, -0.25) is 0 Å². The lowest BCUT2D eigenvalue weighted by molar-refractivity contribution is 0.327. The summed E-state index contributed by atoms with van der Waals surface area (Å²) in [7, 11) is 0. The average Bonchev–Trinajstić information content (AvgIpc) is 2.45. The van der Waals surface area contributed by atoms with Crippen molar-refractivity contribution in [2.75, 3.05) is 5.32 Å². The molecule has 0 aliphatic rings. The monoisotopic (exact) mass is 268 g/mol. The molecule has 0 spiro atoms. The molecular formula is C18H24N2. The third-order valence-electron chi connectivity index (χ3n) is 3.54. The third-order valence-corrected chi connectivity index (χ3v) is 3.54. The standard InChI is InChI=1S/C18H24N2/c1-18(2,3)17(19)15-9-11-16(12-10-15)20-13-14-7-5-4-6-8-14/h4-12,17,20H,13,19H2,1-3H3/t17-/m0/s1. The van der Waals surface area contributed by atoms with Crippen LogP contribution in [0.15, 0.2) is 54.6 Å². The number of nitrogens with two attached hydrogens (primary N) is 1. The summed E-state index contributed by atoms with van der Waals surface area (Å²) in [6, 6.07) is 18.9. The minimum atomic E-state index is 0.0608. The van der Waals surface area contributed by atoms with Crippen molar-refractivity contribution in [2.45, 2.75) is 33.4 Å². The highest BCUT2D eigenvalue weighted by Crippen LogP contribution is 2.30. The third kappa shape index (κ3) is 3.84. The molecule has 0 fully saturated rings. The van der Waals surface area contributed by atoms with Gasteiger partial charge in [0.25, 0.3) is 0 Å². The van der Waals surface area contributed by atoms with Crippen LogP contribution in [0.5, 0.6) is 0 Å². The Balaban J connectivity index is 1.98. The summed E-state index contributed by atoms with van der Waals surface area (Å²) in [6.07, 6.45) is 0. The fourth-order valence-corrected chi connectivity index (χ4v) is 2.11. The quantitative estimate of drug-likeness (QED) is 0.865. The number of anilines is 1. The molecule has 0 aliphatic carbocycles. The zero-order valence-corrected chi connectivity index (χ0v) is 12.6. The van der Waals surface area contributed by atoms with Gasteiger partial charge in [0.05, 0.1) is 0 Å². The summed E-state index contributed by atoms with van der Waals surface area (Å²) in [4.78, 5) is 0. The first-order chi connectivity index (χ1) is 9.47. The lowest BCUT2D eigenvalue weighted by Crippen LogP contribution is -2.26. The molecule has 3 N–H and O–H groups in total. The van der Waals surface area contributed by atoms with Crippen molar-refractivity contribution in [3.63, 3.8) is 0 Å². The zero-order chi connectivity index (χ0) is 14.6. The maximum Gasteiger partial charge on any atom is 0.0400 e. The molecule has 0 heterocycles. The SMILES string of the molecule is CC(C)(C)[C@@H](N)c1ccc(NCc2ccccc2)cc1. The van der Waals surface area contributed by atoms with Crippen LogP contribution in [0.4, 0.5) is 5.69 Å². The molecule has 0 saturated carbocycles. The minimum Gasteiger partial charge on any atom is -0.381 e. The molecule has 0 aromatic heterocycles. The van der Waals surface area contributed by atoms with E-state index in [0.717, 1.165) is 12.2 Å².